The molecule has 0 unspecified atom stereocenters. The summed E-state index contributed by atoms with van der Waals surface area (Å²) in [5.41, 5.74) is 2.88. The number of esters is 1. The normalized spacial score (nSPS) is 17.2. The summed E-state index contributed by atoms with van der Waals surface area (Å²) >= 11 is 0. The molecule has 0 radical (unpaired) electrons. The third-order valence-corrected chi connectivity index (χ3v) is 5.53. The number of aromatic nitrogens is 3. The van der Waals surface area contributed by atoms with Crippen LogP contribution in [0.4, 0.5) is 0 Å². The van der Waals surface area contributed by atoms with E-state index in [1.807, 2.05) is 48.5 Å². The van der Waals surface area contributed by atoms with E-state index >= 15 is 0 Å². The topological polar surface area (TPSA) is 99.3 Å². The van der Waals surface area contributed by atoms with Gasteiger partial charge in [-0.05, 0) is 61.1 Å². The lowest BCUT2D eigenvalue weighted by Crippen LogP contribution is -2.33. The number of hydrogen-bond acceptors (Lipinski definition) is 7. The van der Waals surface area contributed by atoms with Crippen molar-refractivity contribution in [2.45, 2.75) is 38.3 Å². The van der Waals surface area contributed by atoms with Crippen LogP contribution in [0.25, 0.3) is 0 Å². The van der Waals surface area contributed by atoms with Crippen LogP contribution >= 0.6 is 0 Å². The van der Waals surface area contributed by atoms with Gasteiger partial charge >= 0.3 is 5.97 Å². The van der Waals surface area contributed by atoms with E-state index in [1.165, 1.54) is 5.56 Å². The van der Waals surface area contributed by atoms with Gasteiger partial charge in [-0.15, -0.1) is 5.10 Å². The van der Waals surface area contributed by atoms with Gasteiger partial charge in [-0.3, -0.25) is 0 Å². The van der Waals surface area contributed by atoms with Gasteiger partial charge in [0.2, 0.25) is 11.6 Å². The molecule has 3 aromatic rings. The second-order valence-corrected chi connectivity index (χ2v) is 7.61. The summed E-state index contributed by atoms with van der Waals surface area (Å²) in [7, 11) is 1.62. The number of ether oxygens (including phenoxy) is 3. The molecule has 2 aromatic carbocycles. The molecular formula is C24H24N4O4. The van der Waals surface area contributed by atoms with Crippen LogP contribution in [0.3, 0.4) is 0 Å². The van der Waals surface area contributed by atoms with Crippen molar-refractivity contribution in [3.05, 3.63) is 70.9 Å². The molecule has 1 aliphatic rings. The lowest BCUT2D eigenvalue weighted by atomic mass is 9.77. The molecule has 1 heterocycles. The van der Waals surface area contributed by atoms with Gasteiger partial charge < -0.3 is 14.2 Å². The molecular weight excluding hydrogens is 408 g/mol. The van der Waals surface area contributed by atoms with E-state index in [4.69, 9.17) is 19.5 Å². The van der Waals surface area contributed by atoms with Crippen LogP contribution < -0.4 is 9.47 Å². The lowest BCUT2D eigenvalue weighted by molar-refractivity contribution is 0.0495. The smallest absolute Gasteiger partial charge is 0.364 e. The number of benzene rings is 2. The Morgan fingerprint density at radius 2 is 1.88 bits per heavy atom. The van der Waals surface area contributed by atoms with Crippen molar-refractivity contribution in [3.63, 3.8) is 0 Å². The van der Waals surface area contributed by atoms with Crippen molar-refractivity contribution in [1.82, 2.24) is 15.0 Å². The molecule has 0 spiro atoms. The number of hydrogen-bond donors (Lipinski definition) is 0. The van der Waals surface area contributed by atoms with E-state index in [0.717, 1.165) is 24.2 Å². The standard InChI is InChI=1S/C24H24N4O4/c1-3-31-24(29)22-23(28(27-26-22)15-17-6-10-20(30-2)11-7-17)32-21-12-19(13-21)18-8-4-16(14-25)5-9-18/h4-11,19,21H,3,12-13,15H2,1-2H3. The molecule has 0 bridgehead atoms. The van der Waals surface area contributed by atoms with Crippen LogP contribution in [-0.2, 0) is 11.3 Å². The number of nitrogens with zero attached hydrogens (tertiary/aromatic N) is 4. The van der Waals surface area contributed by atoms with Crippen LogP contribution in [0.2, 0.25) is 0 Å². The summed E-state index contributed by atoms with van der Waals surface area (Å²) in [4.78, 5) is 12.4. The first-order valence-corrected chi connectivity index (χ1v) is 10.5. The van der Waals surface area contributed by atoms with Crippen LogP contribution in [0.1, 0.15) is 52.9 Å². The average Bonchev–Trinajstić information content (AvgIpc) is 3.19. The summed E-state index contributed by atoms with van der Waals surface area (Å²) in [6.45, 7) is 2.39. The van der Waals surface area contributed by atoms with E-state index in [1.54, 1.807) is 18.7 Å². The van der Waals surface area contributed by atoms with Crippen molar-refractivity contribution in [1.29, 1.82) is 5.26 Å². The second kappa shape index (κ2) is 9.52. The Morgan fingerprint density at radius 1 is 1.16 bits per heavy atom. The van der Waals surface area contributed by atoms with Crippen LogP contribution in [0.15, 0.2) is 48.5 Å². The first-order chi connectivity index (χ1) is 15.6. The van der Waals surface area contributed by atoms with Crippen LogP contribution in [-0.4, -0.2) is 40.8 Å². The maximum Gasteiger partial charge on any atom is 0.364 e. The van der Waals surface area contributed by atoms with E-state index in [0.29, 0.717) is 23.9 Å². The highest BCUT2D eigenvalue weighted by atomic mass is 16.5. The third kappa shape index (κ3) is 4.57. The molecule has 0 aliphatic heterocycles. The minimum atomic E-state index is -0.550. The fourth-order valence-electron chi connectivity index (χ4n) is 3.68. The van der Waals surface area contributed by atoms with Gasteiger partial charge in [0, 0.05) is 0 Å². The van der Waals surface area contributed by atoms with Crippen molar-refractivity contribution in [2.24, 2.45) is 0 Å². The second-order valence-electron chi connectivity index (χ2n) is 7.61. The van der Waals surface area contributed by atoms with Gasteiger partial charge in [0.1, 0.15) is 11.9 Å². The summed E-state index contributed by atoms with van der Waals surface area (Å²) in [5.74, 6) is 0.887. The fourth-order valence-corrected chi connectivity index (χ4v) is 3.68. The molecule has 1 saturated carbocycles. The predicted octanol–water partition coefficient (Wildman–Crippen LogP) is 3.71. The van der Waals surface area contributed by atoms with E-state index < -0.39 is 5.97 Å². The first-order valence-electron chi connectivity index (χ1n) is 10.5. The van der Waals surface area contributed by atoms with Gasteiger partial charge in [0.15, 0.2) is 0 Å². The van der Waals surface area contributed by atoms with Gasteiger partial charge in [-0.2, -0.15) is 5.26 Å². The zero-order valence-corrected chi connectivity index (χ0v) is 18.0. The molecule has 1 fully saturated rings. The van der Waals surface area contributed by atoms with Gasteiger partial charge in [0.05, 0.1) is 31.9 Å². The molecule has 32 heavy (non-hydrogen) atoms. The Balaban J connectivity index is 1.48. The van der Waals surface area contributed by atoms with Gasteiger partial charge in [0.25, 0.3) is 0 Å². The van der Waals surface area contributed by atoms with Crippen LogP contribution in [0, 0.1) is 11.3 Å². The Bertz CT molecular complexity index is 1110. The molecule has 0 amide bonds. The molecule has 0 N–H and O–H groups in total. The third-order valence-electron chi connectivity index (χ3n) is 5.53. The van der Waals surface area contributed by atoms with Crippen molar-refractivity contribution >= 4 is 5.97 Å². The van der Waals surface area contributed by atoms with Gasteiger partial charge in [-0.1, -0.05) is 29.5 Å². The molecule has 164 valence electrons. The molecule has 1 aromatic heterocycles. The largest absolute Gasteiger partial charge is 0.497 e. The molecule has 4 rings (SSSR count). The Morgan fingerprint density at radius 3 is 2.50 bits per heavy atom. The first kappa shape index (κ1) is 21.4. The summed E-state index contributed by atoms with van der Waals surface area (Å²) < 4.78 is 18.1. The molecule has 0 saturated heterocycles. The molecule has 8 heteroatoms. The minimum absolute atomic E-state index is 0.0584. The Labute approximate surface area is 186 Å². The quantitative estimate of drug-likeness (QED) is 0.500. The Hall–Kier alpha value is -3.86. The monoisotopic (exact) mass is 432 g/mol. The summed E-state index contributed by atoms with van der Waals surface area (Å²) in [6.07, 6.45) is 1.56. The van der Waals surface area contributed by atoms with E-state index in [-0.39, 0.29) is 18.4 Å². The fraction of sp³-hybridized carbons (Fsp3) is 0.333. The lowest BCUT2D eigenvalue weighted by Gasteiger charge is -2.35. The maximum atomic E-state index is 12.4. The summed E-state index contributed by atoms with van der Waals surface area (Å²) in [5, 5.41) is 17.1. The zero-order valence-electron chi connectivity index (χ0n) is 18.0. The molecule has 0 atom stereocenters. The summed E-state index contributed by atoms with van der Waals surface area (Å²) in [6, 6.07) is 17.4. The number of rotatable bonds is 8. The number of methoxy groups -OCH3 is 1. The highest BCUT2D eigenvalue weighted by Gasteiger charge is 2.35. The van der Waals surface area contributed by atoms with Crippen molar-refractivity contribution in [2.75, 3.05) is 13.7 Å². The number of carbonyl (C=O) groups is 1. The van der Waals surface area contributed by atoms with E-state index in [2.05, 4.69) is 16.4 Å². The maximum absolute atomic E-state index is 12.4. The number of nitriles is 1. The van der Waals surface area contributed by atoms with Crippen LogP contribution in [0.5, 0.6) is 11.6 Å². The SMILES string of the molecule is CCOC(=O)c1nnn(Cc2ccc(OC)cc2)c1OC1CC(c2ccc(C#N)cc2)C1. The van der Waals surface area contributed by atoms with Crippen molar-refractivity contribution in [3.8, 4) is 17.7 Å². The highest BCUT2D eigenvalue weighted by Crippen LogP contribution is 2.39. The van der Waals surface area contributed by atoms with E-state index in [9.17, 15) is 4.79 Å². The number of carbonyl (C=O) groups excluding carboxylic acids is 1. The predicted molar refractivity (Wildman–Crippen MR) is 116 cm³/mol. The highest BCUT2D eigenvalue weighted by molar-refractivity contribution is 5.89. The van der Waals surface area contributed by atoms with Gasteiger partial charge in [-0.25, -0.2) is 9.48 Å². The molecule has 1 aliphatic carbocycles. The average molecular weight is 432 g/mol. The zero-order chi connectivity index (χ0) is 22.5. The minimum Gasteiger partial charge on any atom is -0.497 e. The Kier molecular flexibility index (Phi) is 6.36. The molecule has 8 nitrogen and oxygen atoms in total. The van der Waals surface area contributed by atoms with Crippen molar-refractivity contribution < 1.29 is 19.0 Å².